The lowest BCUT2D eigenvalue weighted by Gasteiger charge is -2.22. The third kappa shape index (κ3) is 4.38. The van der Waals surface area contributed by atoms with Gasteiger partial charge in [0.15, 0.2) is 5.69 Å². The number of hydrogen-bond donors (Lipinski definition) is 2. The number of nitrogens with zero attached hydrogens (tertiary/aromatic N) is 3. The van der Waals surface area contributed by atoms with Crippen LogP contribution in [0.4, 0.5) is 5.69 Å². The summed E-state index contributed by atoms with van der Waals surface area (Å²) < 4.78 is 12.2. The summed E-state index contributed by atoms with van der Waals surface area (Å²) >= 11 is 6.12. The number of anilines is 1. The van der Waals surface area contributed by atoms with Gasteiger partial charge in [-0.15, -0.1) is 17.5 Å². The van der Waals surface area contributed by atoms with Crippen molar-refractivity contribution in [3.05, 3.63) is 29.0 Å². The number of piperidine rings is 1. The van der Waals surface area contributed by atoms with Gasteiger partial charge in [-0.05, 0) is 32.0 Å². The van der Waals surface area contributed by atoms with E-state index in [1.165, 1.54) is 14.2 Å². The lowest BCUT2D eigenvalue weighted by Crippen LogP contribution is -2.29. The minimum Gasteiger partial charge on any atom is -0.495 e. The Morgan fingerprint density at radius 1 is 1.27 bits per heavy atom. The van der Waals surface area contributed by atoms with E-state index >= 15 is 0 Å². The maximum atomic E-state index is 12.5. The SMILES string of the molecule is COc1cc(OC)c(NC(=O)c2cn(C3CCNCC3)nn2)cc1Cl.Cl. The van der Waals surface area contributed by atoms with Crippen molar-refractivity contribution in [2.45, 2.75) is 18.9 Å². The molecule has 142 valence electrons. The molecule has 0 saturated carbocycles. The van der Waals surface area contributed by atoms with Gasteiger partial charge in [-0.3, -0.25) is 4.79 Å². The van der Waals surface area contributed by atoms with Gasteiger partial charge in [-0.1, -0.05) is 16.8 Å². The zero-order valence-electron chi connectivity index (χ0n) is 14.5. The number of rotatable bonds is 5. The lowest BCUT2D eigenvalue weighted by atomic mass is 10.1. The van der Waals surface area contributed by atoms with Crippen LogP contribution < -0.4 is 20.1 Å². The van der Waals surface area contributed by atoms with Crippen LogP contribution in [-0.2, 0) is 0 Å². The third-order valence-electron chi connectivity index (χ3n) is 4.15. The summed E-state index contributed by atoms with van der Waals surface area (Å²) in [6, 6.07) is 3.46. The molecule has 1 aliphatic rings. The van der Waals surface area contributed by atoms with Crippen LogP contribution in [0.1, 0.15) is 29.4 Å². The highest BCUT2D eigenvalue weighted by Gasteiger charge is 2.20. The molecule has 10 heteroatoms. The van der Waals surface area contributed by atoms with E-state index < -0.39 is 0 Å². The summed E-state index contributed by atoms with van der Waals surface area (Å²) in [5.74, 6) is 0.536. The first-order valence-electron chi connectivity index (χ1n) is 7.97. The molecule has 2 heterocycles. The molecule has 2 aromatic rings. The Hall–Kier alpha value is -2.03. The Morgan fingerprint density at radius 3 is 2.62 bits per heavy atom. The van der Waals surface area contributed by atoms with Crippen molar-refractivity contribution in [2.75, 3.05) is 32.6 Å². The molecule has 0 spiro atoms. The van der Waals surface area contributed by atoms with Gasteiger partial charge in [0.2, 0.25) is 0 Å². The normalized spacial score (nSPS) is 14.4. The van der Waals surface area contributed by atoms with E-state index in [1.54, 1.807) is 23.0 Å². The quantitative estimate of drug-likeness (QED) is 0.799. The lowest BCUT2D eigenvalue weighted by molar-refractivity contribution is 0.102. The van der Waals surface area contributed by atoms with E-state index in [1.807, 2.05) is 0 Å². The molecule has 8 nitrogen and oxygen atoms in total. The summed E-state index contributed by atoms with van der Waals surface area (Å²) in [4.78, 5) is 12.5. The fourth-order valence-electron chi connectivity index (χ4n) is 2.77. The van der Waals surface area contributed by atoms with E-state index in [2.05, 4.69) is 20.9 Å². The predicted octanol–water partition coefficient (Wildman–Crippen LogP) is 2.55. The molecular weight excluding hydrogens is 381 g/mol. The third-order valence-corrected chi connectivity index (χ3v) is 4.44. The molecule has 0 radical (unpaired) electrons. The molecule has 2 N–H and O–H groups in total. The minimum absolute atomic E-state index is 0. The molecule has 0 bridgehead atoms. The Bertz CT molecular complexity index is 762. The number of nitrogens with one attached hydrogen (secondary N) is 2. The molecule has 1 saturated heterocycles. The van der Waals surface area contributed by atoms with Crippen molar-refractivity contribution in [3.8, 4) is 11.5 Å². The van der Waals surface area contributed by atoms with Gasteiger partial charge in [-0.2, -0.15) is 0 Å². The highest BCUT2D eigenvalue weighted by molar-refractivity contribution is 6.32. The van der Waals surface area contributed by atoms with Crippen LogP contribution in [0, 0.1) is 0 Å². The van der Waals surface area contributed by atoms with Gasteiger partial charge in [0.25, 0.3) is 5.91 Å². The monoisotopic (exact) mass is 401 g/mol. The zero-order chi connectivity index (χ0) is 17.8. The molecule has 3 rings (SSSR count). The van der Waals surface area contributed by atoms with Gasteiger partial charge in [-0.25, -0.2) is 4.68 Å². The molecule has 1 aromatic carbocycles. The van der Waals surface area contributed by atoms with E-state index in [9.17, 15) is 4.79 Å². The molecular formula is C16H21Cl2N5O3. The van der Waals surface area contributed by atoms with Gasteiger partial charge < -0.3 is 20.1 Å². The van der Waals surface area contributed by atoms with Crippen molar-refractivity contribution >= 4 is 35.6 Å². The molecule has 0 aliphatic carbocycles. The molecule has 1 fully saturated rings. The van der Waals surface area contributed by atoms with Crippen LogP contribution >= 0.6 is 24.0 Å². The number of hydrogen-bond acceptors (Lipinski definition) is 6. The van der Waals surface area contributed by atoms with Crippen LogP contribution in [0.3, 0.4) is 0 Å². The van der Waals surface area contributed by atoms with Crippen molar-refractivity contribution < 1.29 is 14.3 Å². The van der Waals surface area contributed by atoms with E-state index in [4.69, 9.17) is 21.1 Å². The topological polar surface area (TPSA) is 90.3 Å². The number of aromatic nitrogens is 3. The first-order valence-corrected chi connectivity index (χ1v) is 8.35. The number of carbonyl (C=O) groups excluding carboxylic acids is 1. The highest BCUT2D eigenvalue weighted by Crippen LogP contribution is 2.36. The van der Waals surface area contributed by atoms with Crippen molar-refractivity contribution in [2.24, 2.45) is 0 Å². The van der Waals surface area contributed by atoms with Gasteiger partial charge in [0.05, 0.1) is 37.2 Å². The standard InChI is InChI=1S/C16H20ClN5O3.ClH/c1-24-14-8-15(25-2)12(7-11(14)17)19-16(23)13-9-22(21-20-13)10-3-5-18-6-4-10;/h7-10,18H,3-6H2,1-2H3,(H,19,23);1H. The van der Waals surface area contributed by atoms with Crippen LogP contribution in [0.25, 0.3) is 0 Å². The smallest absolute Gasteiger partial charge is 0.277 e. The zero-order valence-corrected chi connectivity index (χ0v) is 16.1. The molecule has 1 aromatic heterocycles. The van der Waals surface area contributed by atoms with Crippen molar-refractivity contribution in [1.29, 1.82) is 0 Å². The Balaban J connectivity index is 0.00000243. The number of amides is 1. The second-order valence-corrected chi connectivity index (χ2v) is 6.11. The number of ether oxygens (including phenoxy) is 2. The van der Waals surface area contributed by atoms with Crippen LogP contribution in [-0.4, -0.2) is 48.2 Å². The highest BCUT2D eigenvalue weighted by atomic mass is 35.5. The largest absolute Gasteiger partial charge is 0.495 e. The summed E-state index contributed by atoms with van der Waals surface area (Å²) in [5.41, 5.74) is 0.683. The van der Waals surface area contributed by atoms with Gasteiger partial charge >= 0.3 is 0 Å². The molecule has 1 aliphatic heterocycles. The van der Waals surface area contributed by atoms with E-state index in [-0.39, 0.29) is 30.0 Å². The molecule has 26 heavy (non-hydrogen) atoms. The van der Waals surface area contributed by atoms with Crippen LogP contribution in [0.15, 0.2) is 18.3 Å². The molecule has 0 unspecified atom stereocenters. The minimum atomic E-state index is -0.375. The number of halogens is 2. The van der Waals surface area contributed by atoms with Gasteiger partial charge in [0.1, 0.15) is 11.5 Å². The average Bonchev–Trinajstić information content (AvgIpc) is 3.13. The van der Waals surface area contributed by atoms with E-state index in [0.29, 0.717) is 22.2 Å². The first kappa shape index (κ1) is 20.3. The van der Waals surface area contributed by atoms with E-state index in [0.717, 1.165) is 25.9 Å². The summed E-state index contributed by atoms with van der Waals surface area (Å²) in [7, 11) is 3.02. The summed E-state index contributed by atoms with van der Waals surface area (Å²) in [5, 5.41) is 14.5. The average molecular weight is 402 g/mol. The summed E-state index contributed by atoms with van der Waals surface area (Å²) in [6.45, 7) is 1.88. The number of benzene rings is 1. The van der Waals surface area contributed by atoms with Crippen LogP contribution in [0.2, 0.25) is 5.02 Å². The second-order valence-electron chi connectivity index (χ2n) is 5.71. The van der Waals surface area contributed by atoms with Crippen molar-refractivity contribution in [3.63, 3.8) is 0 Å². The molecule has 0 atom stereocenters. The van der Waals surface area contributed by atoms with Crippen LogP contribution in [0.5, 0.6) is 11.5 Å². The Labute approximate surface area is 162 Å². The number of carbonyl (C=O) groups is 1. The second kappa shape index (κ2) is 9.07. The maximum absolute atomic E-state index is 12.5. The summed E-state index contributed by atoms with van der Waals surface area (Å²) in [6.07, 6.45) is 3.60. The predicted molar refractivity (Wildman–Crippen MR) is 101 cm³/mol. The Kier molecular flexibility index (Phi) is 7.07. The molecule has 1 amide bonds. The maximum Gasteiger partial charge on any atom is 0.277 e. The number of methoxy groups -OCH3 is 2. The fourth-order valence-corrected chi connectivity index (χ4v) is 3.02. The fraction of sp³-hybridized carbons (Fsp3) is 0.438. The Morgan fingerprint density at radius 2 is 1.96 bits per heavy atom. The van der Waals surface area contributed by atoms with Crippen molar-refractivity contribution in [1.82, 2.24) is 20.3 Å². The first-order chi connectivity index (χ1) is 12.1. The van der Waals surface area contributed by atoms with Gasteiger partial charge in [0, 0.05) is 6.07 Å².